The van der Waals surface area contributed by atoms with E-state index in [1.54, 1.807) is 19.9 Å². The second-order valence-corrected chi connectivity index (χ2v) is 6.53. The topological polar surface area (TPSA) is 125 Å². The van der Waals surface area contributed by atoms with Crippen LogP contribution in [0.2, 0.25) is 0 Å². The van der Waals surface area contributed by atoms with Gasteiger partial charge in [-0.05, 0) is 26.8 Å². The molecule has 25 heavy (non-hydrogen) atoms. The molecule has 10 nitrogen and oxygen atoms in total. The predicted molar refractivity (Wildman–Crippen MR) is 91.6 cm³/mol. The second-order valence-electron chi connectivity index (χ2n) is 5.29. The van der Waals surface area contributed by atoms with Gasteiger partial charge < -0.3 is 0 Å². The molecule has 0 aliphatic rings. The number of carbonyl (C=O) groups is 1. The van der Waals surface area contributed by atoms with E-state index in [0.717, 1.165) is 9.55 Å². The molecule has 3 rings (SSSR count). The maximum absolute atomic E-state index is 12.6. The van der Waals surface area contributed by atoms with Gasteiger partial charge in [0, 0.05) is 11.4 Å². The second kappa shape index (κ2) is 6.09. The number of hydrogen-bond donors (Lipinski definition) is 1. The Hall–Kier alpha value is -3.08. The van der Waals surface area contributed by atoms with Crippen molar-refractivity contribution in [2.75, 3.05) is 5.43 Å². The van der Waals surface area contributed by atoms with Gasteiger partial charge in [-0.2, -0.15) is 5.10 Å². The van der Waals surface area contributed by atoms with Gasteiger partial charge in [-0.3, -0.25) is 29.8 Å². The van der Waals surface area contributed by atoms with Gasteiger partial charge in [-0.15, -0.1) is 11.3 Å². The third-order valence-corrected chi connectivity index (χ3v) is 4.49. The number of amides is 1. The lowest BCUT2D eigenvalue weighted by molar-refractivity contribution is -0.385. The van der Waals surface area contributed by atoms with Gasteiger partial charge in [-0.1, -0.05) is 0 Å². The van der Waals surface area contributed by atoms with Crippen molar-refractivity contribution < 1.29 is 9.72 Å². The molecule has 0 saturated carbocycles. The monoisotopic (exact) mass is 362 g/mol. The quantitative estimate of drug-likeness (QED) is 0.555. The van der Waals surface area contributed by atoms with Crippen LogP contribution < -0.4 is 11.0 Å². The SMILES string of the molecule is CCn1cc([N+](=O)[O-])c(C(=O)Nn2c(C)nc3sc(C)cc3c2=O)n1. The fraction of sp³-hybridized carbons (Fsp3) is 0.286. The number of fused-ring (bicyclic) bond motifs is 1. The van der Waals surface area contributed by atoms with Crippen LogP contribution in [0.1, 0.15) is 28.1 Å². The van der Waals surface area contributed by atoms with Crippen LogP contribution >= 0.6 is 11.3 Å². The number of carbonyl (C=O) groups excluding carboxylic acids is 1. The van der Waals surface area contributed by atoms with E-state index >= 15 is 0 Å². The zero-order valence-electron chi connectivity index (χ0n) is 13.6. The molecule has 0 radical (unpaired) electrons. The Kier molecular flexibility index (Phi) is 4.08. The number of rotatable bonds is 4. The van der Waals surface area contributed by atoms with Gasteiger partial charge in [0.15, 0.2) is 0 Å². The first-order valence-electron chi connectivity index (χ1n) is 7.34. The van der Waals surface area contributed by atoms with Gasteiger partial charge in [0.05, 0.1) is 10.3 Å². The van der Waals surface area contributed by atoms with Crippen molar-refractivity contribution in [3.8, 4) is 0 Å². The van der Waals surface area contributed by atoms with E-state index in [9.17, 15) is 19.7 Å². The average Bonchev–Trinajstić information content (AvgIpc) is 3.14. The first-order chi connectivity index (χ1) is 11.8. The number of aromatic nitrogens is 4. The molecule has 0 unspecified atom stereocenters. The summed E-state index contributed by atoms with van der Waals surface area (Å²) >= 11 is 1.37. The maximum atomic E-state index is 12.6. The van der Waals surface area contributed by atoms with E-state index in [2.05, 4.69) is 15.5 Å². The van der Waals surface area contributed by atoms with Crippen LogP contribution in [-0.4, -0.2) is 30.3 Å². The number of hydrogen-bond acceptors (Lipinski definition) is 7. The molecule has 130 valence electrons. The van der Waals surface area contributed by atoms with Crippen molar-refractivity contribution in [1.82, 2.24) is 19.4 Å². The normalized spacial score (nSPS) is 11.0. The van der Waals surface area contributed by atoms with Gasteiger partial charge >= 0.3 is 5.69 Å². The zero-order chi connectivity index (χ0) is 18.3. The summed E-state index contributed by atoms with van der Waals surface area (Å²) < 4.78 is 2.26. The minimum atomic E-state index is -0.850. The molecule has 0 aliphatic heterocycles. The summed E-state index contributed by atoms with van der Waals surface area (Å²) in [6, 6.07) is 1.69. The Morgan fingerprint density at radius 1 is 1.44 bits per heavy atom. The Balaban J connectivity index is 2.04. The van der Waals surface area contributed by atoms with E-state index in [0.29, 0.717) is 16.8 Å². The molecule has 0 fully saturated rings. The lowest BCUT2D eigenvalue weighted by Gasteiger charge is -2.09. The van der Waals surface area contributed by atoms with Crippen LogP contribution in [0.3, 0.4) is 0 Å². The molecule has 3 aromatic heterocycles. The number of thiophene rings is 1. The van der Waals surface area contributed by atoms with Crippen LogP contribution in [0.4, 0.5) is 5.69 Å². The van der Waals surface area contributed by atoms with Gasteiger partial charge in [0.25, 0.3) is 11.5 Å². The highest BCUT2D eigenvalue weighted by Crippen LogP contribution is 2.20. The summed E-state index contributed by atoms with van der Waals surface area (Å²) in [7, 11) is 0. The highest BCUT2D eigenvalue weighted by Gasteiger charge is 2.26. The van der Waals surface area contributed by atoms with Crippen LogP contribution in [0, 0.1) is 24.0 Å². The number of nitro groups is 1. The molecule has 1 N–H and O–H groups in total. The van der Waals surface area contributed by atoms with Crippen molar-refractivity contribution >= 4 is 33.1 Å². The smallest absolute Gasteiger partial charge is 0.267 e. The number of nitrogens with zero attached hydrogens (tertiary/aromatic N) is 5. The van der Waals surface area contributed by atoms with Crippen molar-refractivity contribution in [2.45, 2.75) is 27.3 Å². The Morgan fingerprint density at radius 3 is 2.80 bits per heavy atom. The van der Waals surface area contributed by atoms with E-state index in [1.807, 2.05) is 6.92 Å². The van der Waals surface area contributed by atoms with E-state index in [1.165, 1.54) is 22.2 Å². The van der Waals surface area contributed by atoms with Crippen molar-refractivity contribution in [2.24, 2.45) is 0 Å². The molecule has 0 aliphatic carbocycles. The first kappa shape index (κ1) is 16.8. The van der Waals surface area contributed by atoms with Crippen LogP contribution in [0.25, 0.3) is 10.2 Å². The summed E-state index contributed by atoms with van der Waals surface area (Å²) in [5.41, 5.74) is 1.12. The summed E-state index contributed by atoms with van der Waals surface area (Å²) in [6.07, 6.45) is 1.17. The summed E-state index contributed by atoms with van der Waals surface area (Å²) in [4.78, 5) is 41.2. The Labute approximate surface area is 144 Å². The van der Waals surface area contributed by atoms with Gasteiger partial charge in [-0.25, -0.2) is 9.66 Å². The number of nitrogens with one attached hydrogen (secondary N) is 1. The molecule has 0 bridgehead atoms. The first-order valence-corrected chi connectivity index (χ1v) is 8.16. The third kappa shape index (κ3) is 2.89. The third-order valence-electron chi connectivity index (χ3n) is 3.55. The Morgan fingerprint density at radius 2 is 2.16 bits per heavy atom. The highest BCUT2D eigenvalue weighted by molar-refractivity contribution is 7.18. The molecule has 3 heterocycles. The minimum absolute atomic E-state index is 0.269. The van der Waals surface area contributed by atoms with E-state index in [-0.39, 0.29) is 11.5 Å². The average molecular weight is 362 g/mol. The highest BCUT2D eigenvalue weighted by atomic mass is 32.1. The fourth-order valence-corrected chi connectivity index (χ4v) is 3.27. The van der Waals surface area contributed by atoms with Crippen LogP contribution in [0.15, 0.2) is 17.1 Å². The van der Waals surface area contributed by atoms with Crippen LogP contribution in [-0.2, 0) is 6.54 Å². The van der Waals surface area contributed by atoms with Crippen molar-refractivity contribution in [3.63, 3.8) is 0 Å². The summed E-state index contributed by atoms with van der Waals surface area (Å²) in [6.45, 7) is 5.53. The van der Waals surface area contributed by atoms with Crippen LogP contribution in [0.5, 0.6) is 0 Å². The van der Waals surface area contributed by atoms with E-state index < -0.39 is 22.1 Å². The standard InChI is InChI=1S/C14H14N6O4S/c1-4-18-6-10(20(23)24)11(16-18)12(21)17-19-8(3)15-13-9(14(19)22)5-7(2)25-13/h5-6H,4H2,1-3H3,(H,17,21). The number of aryl methyl sites for hydroxylation is 3. The van der Waals surface area contributed by atoms with Gasteiger partial charge in [0.1, 0.15) is 16.9 Å². The minimum Gasteiger partial charge on any atom is -0.267 e. The molecule has 0 spiro atoms. The van der Waals surface area contributed by atoms with Gasteiger partial charge in [0.2, 0.25) is 5.69 Å². The molecule has 0 aromatic carbocycles. The maximum Gasteiger partial charge on any atom is 0.320 e. The Bertz CT molecular complexity index is 1060. The van der Waals surface area contributed by atoms with Crippen molar-refractivity contribution in [1.29, 1.82) is 0 Å². The molecule has 0 atom stereocenters. The summed E-state index contributed by atoms with van der Waals surface area (Å²) in [5, 5.41) is 15.4. The van der Waals surface area contributed by atoms with Crippen molar-refractivity contribution in [3.05, 3.63) is 49.1 Å². The molecular formula is C14H14N6O4S. The molecular weight excluding hydrogens is 348 g/mol. The fourth-order valence-electron chi connectivity index (χ4n) is 2.36. The largest absolute Gasteiger partial charge is 0.320 e. The van der Waals surface area contributed by atoms with E-state index in [4.69, 9.17) is 0 Å². The lowest BCUT2D eigenvalue weighted by atomic mass is 10.3. The molecule has 0 saturated heterocycles. The molecule has 3 aromatic rings. The summed E-state index contributed by atoms with van der Waals surface area (Å²) in [5.74, 6) is -0.581. The molecule has 11 heteroatoms. The zero-order valence-corrected chi connectivity index (χ0v) is 14.5. The predicted octanol–water partition coefficient (Wildman–Crippen LogP) is 1.58. The molecule has 1 amide bonds. The lowest BCUT2D eigenvalue weighted by Crippen LogP contribution is -2.35.